The minimum absolute atomic E-state index is 0.266. The normalized spacial score (nSPS) is 11.7. The topological polar surface area (TPSA) is 49.7 Å². The summed E-state index contributed by atoms with van der Waals surface area (Å²) in [5.74, 6) is 0. The van der Waals surface area contributed by atoms with Gasteiger partial charge in [-0.3, -0.25) is 4.57 Å². The van der Waals surface area contributed by atoms with E-state index in [0.29, 0.717) is 13.2 Å². The first kappa shape index (κ1) is 13.8. The van der Waals surface area contributed by atoms with Gasteiger partial charge in [0.1, 0.15) is 6.16 Å². The van der Waals surface area contributed by atoms with Crippen molar-refractivity contribution in [3.63, 3.8) is 0 Å². The largest absolute Gasteiger partial charge is 0.341 e. The Kier molecular flexibility index (Phi) is 5.62. The van der Waals surface area contributed by atoms with E-state index < -0.39 is 7.60 Å². The van der Waals surface area contributed by atoms with Crippen LogP contribution in [0.3, 0.4) is 0 Å². The second kappa shape index (κ2) is 6.50. The first-order valence-electron chi connectivity index (χ1n) is 5.14. The Labute approximate surface area is 104 Å². The number of nitrogens with one attached hydrogen (secondary N) is 1. The molecule has 0 radical (unpaired) electrons. The fraction of sp³-hybridized carbons (Fsp3) is 0.500. The second-order valence-electron chi connectivity index (χ2n) is 3.14. The molecule has 4 nitrogen and oxygen atoms in total. The van der Waals surface area contributed by atoms with E-state index in [1.165, 1.54) is 0 Å². The molecular weight excluding hydrogens is 293 g/mol. The van der Waals surface area contributed by atoms with Crippen molar-refractivity contribution in [3.05, 3.63) is 28.5 Å². The quantitative estimate of drug-likeness (QED) is 0.759. The van der Waals surface area contributed by atoms with Crippen LogP contribution in [0.2, 0.25) is 0 Å². The molecule has 0 saturated heterocycles. The van der Waals surface area contributed by atoms with E-state index in [1.54, 1.807) is 20.0 Å². The standard InChI is InChI=1S/C10H15BrNO3P/c1-3-14-16(13,15-4-2)8-10-6-5-9(11)7-12-10/h5-7H,3-4,8H2,1-2H3/p+1. The van der Waals surface area contributed by atoms with Gasteiger partial charge < -0.3 is 9.05 Å². The van der Waals surface area contributed by atoms with Gasteiger partial charge >= 0.3 is 7.60 Å². The molecule has 0 aromatic carbocycles. The van der Waals surface area contributed by atoms with Crippen LogP contribution in [0.5, 0.6) is 0 Å². The molecule has 0 unspecified atom stereocenters. The molecule has 0 fully saturated rings. The van der Waals surface area contributed by atoms with Crippen LogP contribution in [0, 0.1) is 0 Å². The van der Waals surface area contributed by atoms with Gasteiger partial charge in [0.15, 0.2) is 11.9 Å². The van der Waals surface area contributed by atoms with E-state index in [9.17, 15) is 4.57 Å². The molecule has 0 bridgehead atoms. The average molecular weight is 309 g/mol. The van der Waals surface area contributed by atoms with Crippen LogP contribution in [-0.2, 0) is 19.8 Å². The van der Waals surface area contributed by atoms with E-state index in [4.69, 9.17) is 9.05 Å². The predicted octanol–water partition coefficient (Wildman–Crippen LogP) is 3.03. The van der Waals surface area contributed by atoms with Gasteiger partial charge in [-0.15, -0.1) is 0 Å². The van der Waals surface area contributed by atoms with Crippen LogP contribution < -0.4 is 4.98 Å². The first-order chi connectivity index (χ1) is 7.59. The van der Waals surface area contributed by atoms with Crippen molar-refractivity contribution in [2.24, 2.45) is 0 Å². The van der Waals surface area contributed by atoms with Crippen LogP contribution in [0.4, 0.5) is 0 Å². The summed E-state index contributed by atoms with van der Waals surface area (Å²) in [6, 6.07) is 3.74. The van der Waals surface area contributed by atoms with Gasteiger partial charge in [-0.25, -0.2) is 4.98 Å². The maximum Gasteiger partial charge on any atom is 0.341 e. The molecule has 1 aromatic rings. The first-order valence-corrected chi connectivity index (χ1v) is 7.66. The van der Waals surface area contributed by atoms with E-state index in [-0.39, 0.29) is 6.16 Å². The predicted molar refractivity (Wildman–Crippen MR) is 65.3 cm³/mol. The Morgan fingerprint density at radius 2 is 1.94 bits per heavy atom. The molecule has 0 saturated carbocycles. The molecule has 0 aliphatic carbocycles. The minimum atomic E-state index is -3.00. The zero-order valence-corrected chi connectivity index (χ0v) is 11.9. The SMILES string of the molecule is CCOP(=O)(Cc1ccc(Br)c[nH+]1)OCC. The number of pyridine rings is 1. The smallest absolute Gasteiger partial charge is 0.308 e. The molecule has 1 N–H and O–H groups in total. The highest BCUT2D eigenvalue weighted by Gasteiger charge is 2.27. The second-order valence-corrected chi connectivity index (χ2v) is 6.11. The Bertz CT molecular complexity index is 359. The van der Waals surface area contributed by atoms with E-state index >= 15 is 0 Å². The van der Waals surface area contributed by atoms with Gasteiger partial charge in [-0.2, -0.15) is 0 Å². The monoisotopic (exact) mass is 308 g/mol. The summed E-state index contributed by atoms with van der Waals surface area (Å²) in [5, 5.41) is 0. The third-order valence-corrected chi connectivity index (χ3v) is 4.38. The number of hydrogen-bond donors (Lipinski definition) is 0. The minimum Gasteiger partial charge on any atom is -0.308 e. The van der Waals surface area contributed by atoms with Crippen molar-refractivity contribution in [1.29, 1.82) is 0 Å². The summed E-state index contributed by atoms with van der Waals surface area (Å²) >= 11 is 3.32. The fourth-order valence-corrected chi connectivity index (χ4v) is 3.17. The molecular formula is C10H16BrNO3P+. The van der Waals surface area contributed by atoms with Crippen molar-refractivity contribution in [1.82, 2.24) is 0 Å². The van der Waals surface area contributed by atoms with E-state index in [2.05, 4.69) is 20.9 Å². The zero-order valence-electron chi connectivity index (χ0n) is 9.40. The van der Waals surface area contributed by atoms with Gasteiger partial charge in [0.25, 0.3) is 0 Å². The molecule has 0 amide bonds. The third-order valence-electron chi connectivity index (χ3n) is 1.85. The molecule has 0 aliphatic rings. The zero-order chi connectivity index (χ0) is 12.0. The Balaban J connectivity index is 2.75. The van der Waals surface area contributed by atoms with Crippen molar-refractivity contribution in [2.75, 3.05) is 13.2 Å². The summed E-state index contributed by atoms with van der Waals surface area (Å²) in [7, 11) is -3.00. The number of halogens is 1. The van der Waals surface area contributed by atoms with Gasteiger partial charge in [0.05, 0.1) is 17.7 Å². The Hall–Kier alpha value is -0.220. The lowest BCUT2D eigenvalue weighted by atomic mass is 10.4. The molecule has 0 spiro atoms. The highest BCUT2D eigenvalue weighted by molar-refractivity contribution is 9.10. The molecule has 90 valence electrons. The molecule has 1 rings (SSSR count). The lowest BCUT2D eigenvalue weighted by Gasteiger charge is -2.14. The molecule has 1 heterocycles. The van der Waals surface area contributed by atoms with Crippen LogP contribution in [0.25, 0.3) is 0 Å². The van der Waals surface area contributed by atoms with Gasteiger partial charge in [-0.1, -0.05) is 0 Å². The van der Waals surface area contributed by atoms with E-state index in [1.807, 2.05) is 12.1 Å². The van der Waals surface area contributed by atoms with Crippen molar-refractivity contribution < 1.29 is 18.6 Å². The van der Waals surface area contributed by atoms with Gasteiger partial charge in [0, 0.05) is 6.07 Å². The van der Waals surface area contributed by atoms with E-state index in [0.717, 1.165) is 10.2 Å². The van der Waals surface area contributed by atoms with Crippen LogP contribution >= 0.6 is 23.5 Å². The van der Waals surface area contributed by atoms with Crippen molar-refractivity contribution in [3.8, 4) is 0 Å². The van der Waals surface area contributed by atoms with Gasteiger partial charge in [0.2, 0.25) is 0 Å². The lowest BCUT2D eigenvalue weighted by Crippen LogP contribution is -2.11. The summed E-state index contributed by atoms with van der Waals surface area (Å²) in [6.45, 7) is 4.37. The third kappa shape index (κ3) is 4.34. The summed E-state index contributed by atoms with van der Waals surface area (Å²) in [4.78, 5) is 3.03. The lowest BCUT2D eigenvalue weighted by molar-refractivity contribution is -0.389. The highest BCUT2D eigenvalue weighted by Crippen LogP contribution is 2.50. The van der Waals surface area contributed by atoms with Gasteiger partial charge in [-0.05, 0) is 35.8 Å². The number of hydrogen-bond acceptors (Lipinski definition) is 3. The average Bonchev–Trinajstić information content (AvgIpc) is 2.22. The van der Waals surface area contributed by atoms with Crippen LogP contribution in [0.1, 0.15) is 19.5 Å². The summed E-state index contributed by atoms with van der Waals surface area (Å²) in [6.07, 6.45) is 2.06. The van der Waals surface area contributed by atoms with Crippen LogP contribution in [0.15, 0.2) is 22.8 Å². The number of H-pyrrole nitrogens is 1. The van der Waals surface area contributed by atoms with Crippen molar-refractivity contribution in [2.45, 2.75) is 20.0 Å². The number of aromatic amines is 1. The molecule has 0 aliphatic heterocycles. The Morgan fingerprint density at radius 1 is 1.31 bits per heavy atom. The summed E-state index contributed by atoms with van der Waals surface area (Å²) in [5.41, 5.74) is 0.827. The van der Waals surface area contributed by atoms with Crippen molar-refractivity contribution >= 4 is 23.5 Å². The fourth-order valence-electron chi connectivity index (χ4n) is 1.27. The molecule has 1 aromatic heterocycles. The maximum atomic E-state index is 12.2. The molecule has 16 heavy (non-hydrogen) atoms. The summed E-state index contributed by atoms with van der Waals surface area (Å²) < 4.78 is 23.5. The maximum absolute atomic E-state index is 12.2. The van der Waals surface area contributed by atoms with Crippen LogP contribution in [-0.4, -0.2) is 13.2 Å². The highest BCUT2D eigenvalue weighted by atomic mass is 79.9. The Morgan fingerprint density at radius 3 is 2.38 bits per heavy atom. The molecule has 0 atom stereocenters. The number of rotatable bonds is 6. The number of aromatic nitrogens is 1. The molecule has 6 heteroatoms.